The normalized spacial score (nSPS) is 16.5. The number of rotatable bonds is 6. The number of nitrogens with two attached hydrogens (primary N) is 1. The minimum absolute atomic E-state index is 0.0604. The lowest BCUT2D eigenvalue weighted by Gasteiger charge is -2.40. The van der Waals surface area contributed by atoms with Gasteiger partial charge in [-0.25, -0.2) is 0 Å². The van der Waals surface area contributed by atoms with Gasteiger partial charge in [0.05, 0.1) is 7.11 Å². The standard InChI is InChI=1S/C15H22N2O2/c1-19-13-6-3-2-5-12(13)10-17-14(18)9-15(11-16)7-4-8-15/h2-3,5-6H,4,7-11,16H2,1H3,(H,17,18). The first-order valence-corrected chi connectivity index (χ1v) is 6.78. The average Bonchev–Trinajstić information content (AvgIpc) is 2.41. The predicted octanol–water partition coefficient (Wildman–Crippen LogP) is 1.83. The van der Waals surface area contributed by atoms with Crippen molar-refractivity contribution in [1.82, 2.24) is 5.32 Å². The zero-order valence-corrected chi connectivity index (χ0v) is 11.4. The number of carbonyl (C=O) groups is 1. The van der Waals surface area contributed by atoms with Gasteiger partial charge >= 0.3 is 0 Å². The van der Waals surface area contributed by atoms with Gasteiger partial charge in [-0.2, -0.15) is 0 Å². The van der Waals surface area contributed by atoms with Crippen LogP contribution in [0.4, 0.5) is 0 Å². The van der Waals surface area contributed by atoms with E-state index in [1.54, 1.807) is 7.11 Å². The average molecular weight is 262 g/mol. The Hall–Kier alpha value is -1.55. The van der Waals surface area contributed by atoms with E-state index in [2.05, 4.69) is 5.32 Å². The molecule has 0 heterocycles. The number of ether oxygens (including phenoxy) is 1. The molecule has 0 aromatic heterocycles. The maximum absolute atomic E-state index is 12.0. The van der Waals surface area contributed by atoms with Crippen LogP contribution < -0.4 is 15.8 Å². The lowest BCUT2D eigenvalue weighted by atomic mass is 9.66. The molecule has 1 saturated carbocycles. The molecule has 1 amide bonds. The van der Waals surface area contributed by atoms with E-state index in [1.807, 2.05) is 24.3 Å². The summed E-state index contributed by atoms with van der Waals surface area (Å²) in [6.07, 6.45) is 3.88. The predicted molar refractivity (Wildman–Crippen MR) is 74.8 cm³/mol. The molecule has 4 heteroatoms. The lowest BCUT2D eigenvalue weighted by Crippen LogP contribution is -2.41. The van der Waals surface area contributed by atoms with Gasteiger partial charge in [0.1, 0.15) is 5.75 Å². The molecule has 0 aliphatic heterocycles. The molecule has 1 aliphatic carbocycles. The monoisotopic (exact) mass is 262 g/mol. The first-order chi connectivity index (χ1) is 9.19. The third-order valence-electron chi connectivity index (χ3n) is 4.05. The highest BCUT2D eigenvalue weighted by Gasteiger charge is 2.37. The molecule has 104 valence electrons. The SMILES string of the molecule is COc1ccccc1CNC(=O)CC1(CN)CCC1. The Kier molecular flexibility index (Phi) is 4.43. The highest BCUT2D eigenvalue weighted by molar-refractivity contribution is 5.77. The minimum Gasteiger partial charge on any atom is -0.496 e. The number of hydrogen-bond donors (Lipinski definition) is 2. The Morgan fingerprint density at radius 2 is 2.16 bits per heavy atom. The van der Waals surface area contributed by atoms with Crippen molar-refractivity contribution in [2.24, 2.45) is 11.1 Å². The van der Waals surface area contributed by atoms with Gasteiger partial charge in [0.15, 0.2) is 0 Å². The largest absolute Gasteiger partial charge is 0.496 e. The van der Waals surface area contributed by atoms with Gasteiger partial charge in [0.25, 0.3) is 0 Å². The van der Waals surface area contributed by atoms with Crippen molar-refractivity contribution < 1.29 is 9.53 Å². The quantitative estimate of drug-likeness (QED) is 0.822. The maximum atomic E-state index is 12.0. The summed E-state index contributed by atoms with van der Waals surface area (Å²) in [4.78, 5) is 12.0. The van der Waals surface area contributed by atoms with E-state index in [0.29, 0.717) is 19.5 Å². The van der Waals surface area contributed by atoms with E-state index in [-0.39, 0.29) is 11.3 Å². The summed E-state index contributed by atoms with van der Waals surface area (Å²) in [6.45, 7) is 1.11. The van der Waals surface area contributed by atoms with Crippen LogP contribution in [0, 0.1) is 5.41 Å². The van der Waals surface area contributed by atoms with Crippen LogP contribution in [0.5, 0.6) is 5.75 Å². The molecule has 19 heavy (non-hydrogen) atoms. The van der Waals surface area contributed by atoms with Gasteiger partial charge in [-0.05, 0) is 30.9 Å². The number of para-hydroxylation sites is 1. The summed E-state index contributed by atoms with van der Waals surface area (Å²) >= 11 is 0. The van der Waals surface area contributed by atoms with Gasteiger partial charge in [-0.1, -0.05) is 24.6 Å². The molecule has 0 saturated heterocycles. The zero-order valence-electron chi connectivity index (χ0n) is 11.4. The fraction of sp³-hybridized carbons (Fsp3) is 0.533. The molecule has 1 fully saturated rings. The Morgan fingerprint density at radius 3 is 2.74 bits per heavy atom. The van der Waals surface area contributed by atoms with Crippen LogP contribution in [0.25, 0.3) is 0 Å². The van der Waals surface area contributed by atoms with Gasteiger partial charge in [-0.15, -0.1) is 0 Å². The molecule has 0 unspecified atom stereocenters. The van der Waals surface area contributed by atoms with E-state index in [0.717, 1.165) is 24.2 Å². The number of carbonyl (C=O) groups excluding carboxylic acids is 1. The van der Waals surface area contributed by atoms with E-state index in [9.17, 15) is 4.79 Å². The fourth-order valence-electron chi connectivity index (χ4n) is 2.58. The molecule has 4 nitrogen and oxygen atoms in total. The molecular formula is C15H22N2O2. The van der Waals surface area contributed by atoms with Crippen LogP contribution in [0.15, 0.2) is 24.3 Å². The molecule has 3 N–H and O–H groups in total. The van der Waals surface area contributed by atoms with E-state index in [4.69, 9.17) is 10.5 Å². The van der Waals surface area contributed by atoms with Crippen LogP contribution in [0.1, 0.15) is 31.2 Å². The van der Waals surface area contributed by atoms with Crippen molar-refractivity contribution in [2.45, 2.75) is 32.2 Å². The Bertz CT molecular complexity index is 436. The second kappa shape index (κ2) is 6.06. The third-order valence-corrected chi connectivity index (χ3v) is 4.05. The molecule has 1 aromatic rings. The smallest absolute Gasteiger partial charge is 0.220 e. The summed E-state index contributed by atoms with van der Waals surface area (Å²) in [7, 11) is 1.64. The topological polar surface area (TPSA) is 64.3 Å². The number of hydrogen-bond acceptors (Lipinski definition) is 3. The minimum atomic E-state index is 0.0604. The number of nitrogens with one attached hydrogen (secondary N) is 1. The summed E-state index contributed by atoms with van der Waals surface area (Å²) in [5.41, 5.74) is 6.82. The van der Waals surface area contributed by atoms with Gasteiger partial charge < -0.3 is 15.8 Å². The van der Waals surface area contributed by atoms with Crippen molar-refractivity contribution in [2.75, 3.05) is 13.7 Å². The maximum Gasteiger partial charge on any atom is 0.220 e. The molecule has 1 aromatic carbocycles. The van der Waals surface area contributed by atoms with E-state index in [1.165, 1.54) is 6.42 Å². The van der Waals surface area contributed by atoms with Crippen LogP contribution >= 0.6 is 0 Å². The number of benzene rings is 1. The number of methoxy groups -OCH3 is 1. The van der Waals surface area contributed by atoms with Crippen molar-refractivity contribution in [3.8, 4) is 5.75 Å². The second-order valence-corrected chi connectivity index (χ2v) is 5.32. The van der Waals surface area contributed by atoms with E-state index < -0.39 is 0 Å². The molecule has 0 bridgehead atoms. The van der Waals surface area contributed by atoms with Crippen molar-refractivity contribution in [3.05, 3.63) is 29.8 Å². The first-order valence-electron chi connectivity index (χ1n) is 6.78. The van der Waals surface area contributed by atoms with E-state index >= 15 is 0 Å². The van der Waals surface area contributed by atoms with Crippen LogP contribution in [-0.4, -0.2) is 19.6 Å². The molecule has 1 aliphatic rings. The lowest BCUT2D eigenvalue weighted by molar-refractivity contribution is -0.124. The van der Waals surface area contributed by atoms with Gasteiger partial charge in [0.2, 0.25) is 5.91 Å². The molecular weight excluding hydrogens is 240 g/mol. The Morgan fingerprint density at radius 1 is 1.42 bits per heavy atom. The third kappa shape index (κ3) is 3.26. The molecule has 2 rings (SSSR count). The Labute approximate surface area is 114 Å². The van der Waals surface area contributed by atoms with Crippen LogP contribution in [-0.2, 0) is 11.3 Å². The van der Waals surface area contributed by atoms with Crippen molar-refractivity contribution in [1.29, 1.82) is 0 Å². The number of amides is 1. The first kappa shape index (κ1) is 13.9. The zero-order chi connectivity index (χ0) is 13.7. The fourth-order valence-corrected chi connectivity index (χ4v) is 2.58. The van der Waals surface area contributed by atoms with Crippen molar-refractivity contribution >= 4 is 5.91 Å². The van der Waals surface area contributed by atoms with Crippen LogP contribution in [0.2, 0.25) is 0 Å². The van der Waals surface area contributed by atoms with Crippen LogP contribution in [0.3, 0.4) is 0 Å². The summed E-state index contributed by atoms with van der Waals surface area (Å²) < 4.78 is 5.26. The summed E-state index contributed by atoms with van der Waals surface area (Å²) in [5.74, 6) is 0.885. The van der Waals surface area contributed by atoms with Gasteiger partial charge in [0, 0.05) is 18.5 Å². The summed E-state index contributed by atoms with van der Waals surface area (Å²) in [6, 6.07) is 7.72. The molecule has 0 radical (unpaired) electrons. The highest BCUT2D eigenvalue weighted by Crippen LogP contribution is 2.42. The van der Waals surface area contributed by atoms with Crippen molar-refractivity contribution in [3.63, 3.8) is 0 Å². The highest BCUT2D eigenvalue weighted by atomic mass is 16.5. The molecule has 0 atom stereocenters. The summed E-state index contributed by atoms with van der Waals surface area (Å²) in [5, 5.41) is 2.96. The Balaban J connectivity index is 1.86. The molecule has 0 spiro atoms. The van der Waals surface area contributed by atoms with Gasteiger partial charge in [-0.3, -0.25) is 4.79 Å². The second-order valence-electron chi connectivity index (χ2n) is 5.32.